The van der Waals surface area contributed by atoms with Crippen LogP contribution in [0.15, 0.2) is 22.7 Å². The van der Waals surface area contributed by atoms with E-state index in [0.29, 0.717) is 12.2 Å². The first-order valence-corrected chi connectivity index (χ1v) is 7.74. The molecule has 110 valence electrons. The third-order valence-electron chi connectivity index (χ3n) is 3.80. The first-order chi connectivity index (χ1) is 9.63. The molecule has 0 spiro atoms. The molecule has 1 N–H and O–H groups in total. The van der Waals surface area contributed by atoms with E-state index < -0.39 is 0 Å². The highest BCUT2D eigenvalue weighted by Gasteiger charge is 2.26. The molecule has 5 nitrogen and oxygen atoms in total. The van der Waals surface area contributed by atoms with Crippen molar-refractivity contribution in [3.05, 3.63) is 32.8 Å². The topological polar surface area (TPSA) is 66.6 Å². The molecule has 0 unspecified atom stereocenters. The molecule has 1 aliphatic carbocycles. The Hall–Kier alpha value is -1.14. The van der Waals surface area contributed by atoms with Crippen molar-refractivity contribution in [3.63, 3.8) is 0 Å². The van der Waals surface area contributed by atoms with Crippen molar-refractivity contribution < 1.29 is 10.0 Å². The molecule has 1 aromatic rings. The van der Waals surface area contributed by atoms with Crippen LogP contribution in [0.1, 0.15) is 32.1 Å². The van der Waals surface area contributed by atoms with E-state index in [9.17, 15) is 15.2 Å². The maximum absolute atomic E-state index is 11.2. The van der Waals surface area contributed by atoms with Gasteiger partial charge < -0.3 is 10.0 Å². The molecule has 0 heterocycles. The predicted molar refractivity (Wildman–Crippen MR) is 82.1 cm³/mol. The van der Waals surface area contributed by atoms with Gasteiger partial charge in [0.1, 0.15) is 5.69 Å². The second kappa shape index (κ2) is 7.04. The highest BCUT2D eigenvalue weighted by atomic mass is 79.9. The molecule has 1 saturated carbocycles. The Bertz CT molecular complexity index is 475. The van der Waals surface area contributed by atoms with E-state index in [4.69, 9.17) is 0 Å². The number of aliphatic hydroxyl groups excluding tert-OH is 1. The van der Waals surface area contributed by atoms with Crippen LogP contribution in [0.5, 0.6) is 0 Å². The molecule has 0 amide bonds. The van der Waals surface area contributed by atoms with Crippen molar-refractivity contribution >= 4 is 27.3 Å². The number of nitro benzene ring substituents is 1. The Morgan fingerprint density at radius 2 is 2.05 bits per heavy atom. The minimum Gasteiger partial charge on any atom is -0.395 e. The van der Waals surface area contributed by atoms with E-state index >= 15 is 0 Å². The molecule has 0 bridgehead atoms. The van der Waals surface area contributed by atoms with Gasteiger partial charge in [-0.2, -0.15) is 0 Å². The average molecular weight is 343 g/mol. The summed E-state index contributed by atoms with van der Waals surface area (Å²) < 4.78 is 0.817. The summed E-state index contributed by atoms with van der Waals surface area (Å²) in [6, 6.07) is 5.26. The molecule has 1 fully saturated rings. The van der Waals surface area contributed by atoms with Gasteiger partial charge in [-0.25, -0.2) is 0 Å². The van der Waals surface area contributed by atoms with Crippen molar-refractivity contribution in [1.29, 1.82) is 0 Å². The number of nitro groups is 1. The smallest absolute Gasteiger partial charge is 0.292 e. The molecule has 20 heavy (non-hydrogen) atoms. The highest BCUT2D eigenvalue weighted by molar-refractivity contribution is 9.10. The number of hydrogen-bond donors (Lipinski definition) is 1. The molecule has 0 aliphatic heterocycles. The number of rotatable bonds is 5. The number of hydrogen-bond acceptors (Lipinski definition) is 4. The van der Waals surface area contributed by atoms with Gasteiger partial charge >= 0.3 is 0 Å². The summed E-state index contributed by atoms with van der Waals surface area (Å²) in [6.45, 7) is 0.433. The average Bonchev–Trinajstić information content (AvgIpc) is 2.45. The van der Waals surface area contributed by atoms with Crippen molar-refractivity contribution in [1.82, 2.24) is 0 Å². The Balaban J connectivity index is 2.36. The Labute approximate surface area is 126 Å². The Morgan fingerprint density at radius 1 is 1.35 bits per heavy atom. The minimum atomic E-state index is -0.352. The predicted octanol–water partition coefficient (Wildman–Crippen LogP) is 3.49. The fourth-order valence-electron chi connectivity index (χ4n) is 2.88. The number of anilines is 1. The zero-order valence-electron chi connectivity index (χ0n) is 11.3. The quantitative estimate of drug-likeness (QED) is 0.656. The molecule has 1 aromatic carbocycles. The van der Waals surface area contributed by atoms with E-state index in [1.54, 1.807) is 12.1 Å². The lowest BCUT2D eigenvalue weighted by atomic mass is 9.93. The van der Waals surface area contributed by atoms with E-state index in [0.717, 1.165) is 30.2 Å². The van der Waals surface area contributed by atoms with Crippen LogP contribution in [0.25, 0.3) is 0 Å². The SMILES string of the molecule is O=[N+]([O-])c1ccc(Br)cc1N(CCO)C1CCCCC1. The Morgan fingerprint density at radius 3 is 2.65 bits per heavy atom. The van der Waals surface area contributed by atoms with Crippen LogP contribution >= 0.6 is 15.9 Å². The van der Waals surface area contributed by atoms with Crippen molar-refractivity contribution in [3.8, 4) is 0 Å². The van der Waals surface area contributed by atoms with Gasteiger partial charge in [-0.15, -0.1) is 0 Å². The number of aliphatic hydroxyl groups is 1. The van der Waals surface area contributed by atoms with Gasteiger partial charge in [-0.1, -0.05) is 35.2 Å². The van der Waals surface area contributed by atoms with Crippen LogP contribution in [-0.2, 0) is 0 Å². The van der Waals surface area contributed by atoms with Gasteiger partial charge in [0, 0.05) is 23.1 Å². The van der Waals surface area contributed by atoms with Crippen LogP contribution < -0.4 is 4.90 Å². The fraction of sp³-hybridized carbons (Fsp3) is 0.571. The molecule has 0 aromatic heterocycles. The number of benzene rings is 1. The Kier molecular flexibility index (Phi) is 5.37. The van der Waals surface area contributed by atoms with Crippen molar-refractivity contribution in [2.45, 2.75) is 38.1 Å². The molecule has 0 atom stereocenters. The van der Waals surface area contributed by atoms with Gasteiger partial charge in [0.15, 0.2) is 0 Å². The molecular formula is C14H19BrN2O3. The normalized spacial score (nSPS) is 16.1. The molecule has 2 rings (SSSR count). The van der Waals surface area contributed by atoms with Gasteiger partial charge in [0.25, 0.3) is 5.69 Å². The molecule has 1 aliphatic rings. The zero-order chi connectivity index (χ0) is 14.5. The van der Waals surface area contributed by atoms with Gasteiger partial charge in [-0.05, 0) is 25.0 Å². The lowest BCUT2D eigenvalue weighted by molar-refractivity contribution is -0.384. The van der Waals surface area contributed by atoms with Crippen LogP contribution in [0.2, 0.25) is 0 Å². The third-order valence-corrected chi connectivity index (χ3v) is 4.29. The van der Waals surface area contributed by atoms with E-state index in [1.165, 1.54) is 12.5 Å². The van der Waals surface area contributed by atoms with Crippen LogP contribution in [0.3, 0.4) is 0 Å². The fourth-order valence-corrected chi connectivity index (χ4v) is 3.23. The van der Waals surface area contributed by atoms with E-state index in [2.05, 4.69) is 15.9 Å². The van der Waals surface area contributed by atoms with Crippen molar-refractivity contribution in [2.24, 2.45) is 0 Å². The van der Waals surface area contributed by atoms with Crippen LogP contribution in [0.4, 0.5) is 11.4 Å². The maximum atomic E-state index is 11.2. The maximum Gasteiger partial charge on any atom is 0.292 e. The molecule has 0 radical (unpaired) electrons. The summed E-state index contributed by atoms with van der Waals surface area (Å²) in [4.78, 5) is 12.9. The number of halogens is 1. The van der Waals surface area contributed by atoms with E-state index in [-0.39, 0.29) is 23.3 Å². The lowest BCUT2D eigenvalue weighted by Gasteiger charge is -2.35. The zero-order valence-corrected chi connectivity index (χ0v) is 12.9. The summed E-state index contributed by atoms with van der Waals surface area (Å²) in [6.07, 6.45) is 5.58. The van der Waals surface area contributed by atoms with Crippen LogP contribution in [0, 0.1) is 10.1 Å². The van der Waals surface area contributed by atoms with Gasteiger partial charge in [-0.3, -0.25) is 10.1 Å². The lowest BCUT2D eigenvalue weighted by Crippen LogP contribution is -2.39. The number of nitrogens with zero attached hydrogens (tertiary/aromatic N) is 2. The third kappa shape index (κ3) is 3.49. The molecule has 6 heteroatoms. The summed E-state index contributed by atoms with van der Waals surface area (Å²) >= 11 is 3.38. The largest absolute Gasteiger partial charge is 0.395 e. The van der Waals surface area contributed by atoms with Gasteiger partial charge in [0.05, 0.1) is 11.5 Å². The van der Waals surface area contributed by atoms with Gasteiger partial charge in [0.2, 0.25) is 0 Å². The highest BCUT2D eigenvalue weighted by Crippen LogP contribution is 2.35. The first-order valence-electron chi connectivity index (χ1n) is 6.95. The van der Waals surface area contributed by atoms with Crippen molar-refractivity contribution in [2.75, 3.05) is 18.1 Å². The van der Waals surface area contributed by atoms with Crippen LogP contribution in [-0.4, -0.2) is 29.2 Å². The minimum absolute atomic E-state index is 0.000166. The van der Waals surface area contributed by atoms with E-state index in [1.807, 2.05) is 4.90 Å². The monoisotopic (exact) mass is 342 g/mol. The molecule has 0 saturated heterocycles. The summed E-state index contributed by atoms with van der Waals surface area (Å²) in [7, 11) is 0. The molecular weight excluding hydrogens is 324 g/mol. The second-order valence-corrected chi connectivity index (χ2v) is 6.01. The summed E-state index contributed by atoms with van der Waals surface area (Å²) in [5, 5.41) is 20.5. The summed E-state index contributed by atoms with van der Waals surface area (Å²) in [5.41, 5.74) is 0.706. The standard InChI is InChI=1S/C14H19BrN2O3/c15-11-6-7-13(17(19)20)14(10-11)16(8-9-18)12-4-2-1-3-5-12/h6-7,10,12,18H,1-5,8-9H2. The summed E-state index contributed by atoms with van der Waals surface area (Å²) in [5.74, 6) is 0. The second-order valence-electron chi connectivity index (χ2n) is 5.10. The first kappa shape index (κ1) is 15.3.